The molecule has 0 aromatic heterocycles. The van der Waals surface area contributed by atoms with Gasteiger partial charge in [0.1, 0.15) is 5.54 Å². The highest BCUT2D eigenvalue weighted by molar-refractivity contribution is 5.86. The molecule has 0 heterocycles. The molecule has 5 heteroatoms. The number of amides is 1. The molecule has 88 valence electrons. The van der Waals surface area contributed by atoms with E-state index in [1.165, 1.54) is 25.8 Å². The van der Waals surface area contributed by atoms with Gasteiger partial charge in [-0.3, -0.25) is 4.79 Å². The molecule has 1 N–H and O–H groups in total. The summed E-state index contributed by atoms with van der Waals surface area (Å²) in [5, 5.41) is 8.93. The van der Waals surface area contributed by atoms with Crippen molar-refractivity contribution in [1.82, 2.24) is 9.80 Å². The van der Waals surface area contributed by atoms with Crippen molar-refractivity contribution in [3.8, 4) is 0 Å². The molecule has 0 aliphatic rings. The molecule has 0 aromatic rings. The molecule has 5 nitrogen and oxygen atoms in total. The first kappa shape index (κ1) is 13.9. The van der Waals surface area contributed by atoms with Crippen LogP contribution in [0.1, 0.15) is 20.3 Å². The van der Waals surface area contributed by atoms with E-state index in [-0.39, 0.29) is 5.91 Å². The maximum atomic E-state index is 11.6. The summed E-state index contributed by atoms with van der Waals surface area (Å²) < 4.78 is 0. The van der Waals surface area contributed by atoms with Crippen LogP contribution in [0.15, 0.2) is 0 Å². The van der Waals surface area contributed by atoms with Crippen LogP contribution in [0.3, 0.4) is 0 Å². The van der Waals surface area contributed by atoms with Gasteiger partial charge in [0.05, 0.1) is 0 Å². The van der Waals surface area contributed by atoms with E-state index in [1.54, 1.807) is 0 Å². The van der Waals surface area contributed by atoms with Crippen molar-refractivity contribution >= 4 is 11.9 Å². The van der Waals surface area contributed by atoms with E-state index in [0.29, 0.717) is 13.0 Å². The Hall–Kier alpha value is -1.10. The number of carbonyl (C=O) groups is 2. The van der Waals surface area contributed by atoms with Crippen molar-refractivity contribution < 1.29 is 14.7 Å². The molecule has 1 amide bonds. The maximum Gasteiger partial charge on any atom is 0.329 e. The molecule has 0 aromatic carbocycles. The topological polar surface area (TPSA) is 60.9 Å². The Bertz CT molecular complexity index is 249. The van der Waals surface area contributed by atoms with Crippen molar-refractivity contribution in [3.05, 3.63) is 0 Å². The largest absolute Gasteiger partial charge is 0.480 e. The zero-order valence-corrected chi connectivity index (χ0v) is 10.1. The Morgan fingerprint density at radius 3 is 2.00 bits per heavy atom. The van der Waals surface area contributed by atoms with Gasteiger partial charge in [-0.25, -0.2) is 4.79 Å². The van der Waals surface area contributed by atoms with E-state index in [0.717, 1.165) is 0 Å². The lowest BCUT2D eigenvalue weighted by atomic mass is 10.0. The quantitative estimate of drug-likeness (QED) is 0.716. The predicted molar refractivity (Wildman–Crippen MR) is 57.7 cm³/mol. The number of rotatable bonds is 5. The maximum absolute atomic E-state index is 11.6. The smallest absolute Gasteiger partial charge is 0.329 e. The van der Waals surface area contributed by atoms with E-state index < -0.39 is 11.5 Å². The Morgan fingerprint density at radius 1 is 1.20 bits per heavy atom. The summed E-state index contributed by atoms with van der Waals surface area (Å²) in [7, 11) is 5.26. The number of hydrogen-bond donors (Lipinski definition) is 1. The number of carboxylic acid groups (broad SMARTS) is 1. The minimum atomic E-state index is -1.15. The van der Waals surface area contributed by atoms with Gasteiger partial charge in [0, 0.05) is 20.0 Å². The van der Waals surface area contributed by atoms with Gasteiger partial charge in [-0.1, -0.05) is 0 Å². The first-order chi connectivity index (χ1) is 6.69. The van der Waals surface area contributed by atoms with Gasteiger partial charge < -0.3 is 14.9 Å². The molecular weight excluding hydrogens is 196 g/mol. The number of carboxylic acids is 1. The third-order valence-corrected chi connectivity index (χ3v) is 2.51. The van der Waals surface area contributed by atoms with Crippen LogP contribution < -0.4 is 0 Å². The molecule has 0 unspecified atom stereocenters. The number of nitrogens with zero attached hydrogens (tertiary/aromatic N) is 2. The second-order valence-electron chi connectivity index (χ2n) is 4.37. The van der Waals surface area contributed by atoms with Crippen LogP contribution in [-0.4, -0.2) is 60.0 Å². The molecule has 0 atom stereocenters. The minimum absolute atomic E-state index is 0.156. The fourth-order valence-electron chi connectivity index (χ4n) is 0.942. The molecule has 0 saturated heterocycles. The highest BCUT2D eigenvalue weighted by atomic mass is 16.4. The molecule has 0 spiro atoms. The average Bonchev–Trinajstić information content (AvgIpc) is 2.12. The summed E-state index contributed by atoms with van der Waals surface area (Å²) in [6.45, 7) is 3.66. The Morgan fingerprint density at radius 2 is 1.67 bits per heavy atom. The van der Waals surface area contributed by atoms with Crippen LogP contribution in [0.5, 0.6) is 0 Å². The number of aliphatic carboxylic acids is 1. The van der Waals surface area contributed by atoms with Gasteiger partial charge in [-0.05, 0) is 27.9 Å². The van der Waals surface area contributed by atoms with Crippen molar-refractivity contribution in [2.75, 3.05) is 27.7 Å². The van der Waals surface area contributed by atoms with Gasteiger partial charge in [-0.2, -0.15) is 0 Å². The normalized spacial score (nSPS) is 11.6. The van der Waals surface area contributed by atoms with E-state index in [4.69, 9.17) is 5.11 Å². The highest BCUT2D eigenvalue weighted by Gasteiger charge is 2.34. The molecule has 0 rings (SSSR count). The van der Waals surface area contributed by atoms with Crippen molar-refractivity contribution in [2.24, 2.45) is 0 Å². The second-order valence-corrected chi connectivity index (χ2v) is 4.37. The number of hydrogen-bond acceptors (Lipinski definition) is 3. The lowest BCUT2D eigenvalue weighted by molar-refractivity contribution is -0.155. The van der Waals surface area contributed by atoms with Crippen LogP contribution in [0.2, 0.25) is 0 Å². The van der Waals surface area contributed by atoms with Crippen LogP contribution in [-0.2, 0) is 9.59 Å². The molecule has 15 heavy (non-hydrogen) atoms. The van der Waals surface area contributed by atoms with Crippen LogP contribution in [0, 0.1) is 0 Å². The van der Waals surface area contributed by atoms with Crippen LogP contribution in [0.4, 0.5) is 0 Å². The lowest BCUT2D eigenvalue weighted by Crippen LogP contribution is -2.51. The number of likely N-dealkylation sites (N-methyl/N-ethyl adjacent to an activating group) is 1. The van der Waals surface area contributed by atoms with Crippen molar-refractivity contribution in [2.45, 2.75) is 25.8 Å². The third-order valence-electron chi connectivity index (χ3n) is 2.51. The molecule has 0 bridgehead atoms. The van der Waals surface area contributed by atoms with Crippen molar-refractivity contribution in [1.29, 1.82) is 0 Å². The fraction of sp³-hybridized carbons (Fsp3) is 0.800. The molecule has 0 saturated carbocycles. The summed E-state index contributed by atoms with van der Waals surface area (Å²) in [5.41, 5.74) is -1.15. The van der Waals surface area contributed by atoms with Gasteiger partial charge in [0.25, 0.3) is 0 Å². The molecule has 0 radical (unpaired) electrons. The Labute approximate surface area is 90.7 Å². The molecule has 0 aliphatic carbocycles. The molecule has 0 aliphatic heterocycles. The summed E-state index contributed by atoms with van der Waals surface area (Å²) in [5.74, 6) is -1.15. The predicted octanol–water partition coefficient (Wildman–Crippen LogP) is 0.260. The van der Waals surface area contributed by atoms with E-state index in [2.05, 4.69) is 0 Å². The molecule has 0 fully saturated rings. The second kappa shape index (κ2) is 5.11. The first-order valence-corrected chi connectivity index (χ1v) is 4.84. The standard InChI is InChI=1S/C10H20N2O3/c1-10(2,9(14)15)12(5)8(13)6-7-11(3)4/h6-7H2,1-5H3,(H,14,15). The summed E-state index contributed by atoms with van der Waals surface area (Å²) in [4.78, 5) is 25.7. The summed E-state index contributed by atoms with van der Waals surface area (Å²) in [6, 6.07) is 0. The van der Waals surface area contributed by atoms with Gasteiger partial charge >= 0.3 is 5.97 Å². The van der Waals surface area contributed by atoms with Gasteiger partial charge in [0.2, 0.25) is 5.91 Å². The first-order valence-electron chi connectivity index (χ1n) is 4.84. The average molecular weight is 216 g/mol. The molecular formula is C10H20N2O3. The number of carbonyl (C=O) groups excluding carboxylic acids is 1. The van der Waals surface area contributed by atoms with E-state index in [1.807, 2.05) is 19.0 Å². The lowest BCUT2D eigenvalue weighted by Gasteiger charge is -2.31. The van der Waals surface area contributed by atoms with Gasteiger partial charge in [-0.15, -0.1) is 0 Å². The monoisotopic (exact) mass is 216 g/mol. The third kappa shape index (κ3) is 3.87. The van der Waals surface area contributed by atoms with Crippen LogP contribution in [0.25, 0.3) is 0 Å². The SMILES string of the molecule is CN(C)CCC(=O)N(C)C(C)(C)C(=O)O. The summed E-state index contributed by atoms with van der Waals surface area (Å²) in [6.07, 6.45) is 0.334. The highest BCUT2D eigenvalue weighted by Crippen LogP contribution is 2.13. The Balaban J connectivity index is 4.38. The summed E-state index contributed by atoms with van der Waals surface area (Å²) >= 11 is 0. The minimum Gasteiger partial charge on any atom is -0.480 e. The zero-order valence-electron chi connectivity index (χ0n) is 10.1. The van der Waals surface area contributed by atoms with Crippen LogP contribution >= 0.6 is 0 Å². The van der Waals surface area contributed by atoms with Crippen molar-refractivity contribution in [3.63, 3.8) is 0 Å². The van der Waals surface area contributed by atoms with E-state index in [9.17, 15) is 9.59 Å². The Kier molecular flexibility index (Phi) is 4.74. The van der Waals surface area contributed by atoms with E-state index >= 15 is 0 Å². The zero-order chi connectivity index (χ0) is 12.2. The van der Waals surface area contributed by atoms with Gasteiger partial charge in [0.15, 0.2) is 0 Å². The fourth-order valence-corrected chi connectivity index (χ4v) is 0.942.